The summed E-state index contributed by atoms with van der Waals surface area (Å²) in [7, 11) is 0. The fourth-order valence-corrected chi connectivity index (χ4v) is 3.21. The molecule has 3 rings (SSSR count). The van der Waals surface area contributed by atoms with Gasteiger partial charge in [0.1, 0.15) is 5.75 Å². The quantitative estimate of drug-likeness (QED) is 0.914. The zero-order valence-corrected chi connectivity index (χ0v) is 13.1. The molecule has 1 fully saturated rings. The first-order chi connectivity index (χ1) is 11.2. The Morgan fingerprint density at radius 3 is 2.70 bits per heavy atom. The van der Waals surface area contributed by atoms with Crippen molar-refractivity contribution >= 4 is 5.91 Å². The second-order valence-corrected chi connectivity index (χ2v) is 6.01. The molecule has 23 heavy (non-hydrogen) atoms. The Labute approximate surface area is 136 Å². The maximum atomic E-state index is 13.0. The molecule has 1 amide bonds. The summed E-state index contributed by atoms with van der Waals surface area (Å²) in [5.41, 5.74) is 8.42. The first-order valence-corrected chi connectivity index (χ1v) is 8.08. The van der Waals surface area contributed by atoms with Crippen molar-refractivity contribution in [2.24, 2.45) is 5.73 Å². The van der Waals surface area contributed by atoms with E-state index in [1.54, 1.807) is 12.1 Å². The van der Waals surface area contributed by atoms with Crippen molar-refractivity contribution in [2.45, 2.75) is 31.8 Å². The Balaban J connectivity index is 1.88. The largest absolute Gasteiger partial charge is 0.508 e. The monoisotopic (exact) mass is 310 g/mol. The number of carbonyl (C=O) groups is 1. The maximum Gasteiger partial charge on any atom is 0.254 e. The van der Waals surface area contributed by atoms with Crippen LogP contribution in [0.15, 0.2) is 48.5 Å². The van der Waals surface area contributed by atoms with Gasteiger partial charge in [-0.3, -0.25) is 4.79 Å². The number of amides is 1. The number of carbonyl (C=O) groups excluding carboxylic acids is 1. The minimum Gasteiger partial charge on any atom is -0.508 e. The van der Waals surface area contributed by atoms with Crippen molar-refractivity contribution in [3.05, 3.63) is 65.2 Å². The Morgan fingerprint density at radius 1 is 1.17 bits per heavy atom. The van der Waals surface area contributed by atoms with E-state index in [0.29, 0.717) is 12.1 Å². The standard InChI is InChI=1S/C19H22N2O2/c20-13-14-4-3-5-16(12-14)19(23)21-11-2-1-6-18(21)15-7-9-17(22)10-8-15/h3-5,7-10,12,18,22H,1-2,6,11,13,20H2. The molecule has 4 nitrogen and oxygen atoms in total. The minimum atomic E-state index is 0.0538. The molecule has 0 saturated carbocycles. The Morgan fingerprint density at radius 2 is 1.96 bits per heavy atom. The number of nitrogens with two attached hydrogens (primary N) is 1. The third kappa shape index (κ3) is 3.37. The van der Waals surface area contributed by atoms with E-state index in [-0.39, 0.29) is 17.7 Å². The van der Waals surface area contributed by atoms with Crippen LogP contribution in [-0.4, -0.2) is 22.5 Å². The number of piperidine rings is 1. The Kier molecular flexibility index (Phi) is 4.63. The van der Waals surface area contributed by atoms with E-state index in [1.807, 2.05) is 41.3 Å². The number of hydrogen-bond acceptors (Lipinski definition) is 3. The van der Waals surface area contributed by atoms with Crippen molar-refractivity contribution in [1.29, 1.82) is 0 Å². The lowest BCUT2D eigenvalue weighted by Crippen LogP contribution is -2.38. The van der Waals surface area contributed by atoms with E-state index in [4.69, 9.17) is 5.73 Å². The van der Waals surface area contributed by atoms with Crippen molar-refractivity contribution in [3.63, 3.8) is 0 Å². The van der Waals surface area contributed by atoms with Crippen LogP contribution >= 0.6 is 0 Å². The van der Waals surface area contributed by atoms with Gasteiger partial charge in [0, 0.05) is 18.7 Å². The summed E-state index contributed by atoms with van der Waals surface area (Å²) >= 11 is 0. The van der Waals surface area contributed by atoms with Gasteiger partial charge >= 0.3 is 0 Å². The van der Waals surface area contributed by atoms with Crippen molar-refractivity contribution in [2.75, 3.05) is 6.54 Å². The zero-order valence-electron chi connectivity index (χ0n) is 13.1. The molecule has 2 aromatic rings. The highest BCUT2D eigenvalue weighted by Gasteiger charge is 2.28. The Hall–Kier alpha value is -2.33. The topological polar surface area (TPSA) is 66.6 Å². The van der Waals surface area contributed by atoms with E-state index in [1.165, 1.54) is 0 Å². The molecule has 1 aliphatic heterocycles. The fraction of sp³-hybridized carbons (Fsp3) is 0.316. The van der Waals surface area contributed by atoms with Gasteiger partial charge in [-0.25, -0.2) is 0 Å². The molecule has 1 atom stereocenters. The molecule has 0 radical (unpaired) electrons. The molecule has 0 aromatic heterocycles. The van der Waals surface area contributed by atoms with Gasteiger partial charge in [0.25, 0.3) is 5.91 Å². The zero-order chi connectivity index (χ0) is 16.2. The van der Waals surface area contributed by atoms with Crippen LogP contribution in [0.5, 0.6) is 5.75 Å². The summed E-state index contributed by atoms with van der Waals surface area (Å²) < 4.78 is 0. The lowest BCUT2D eigenvalue weighted by atomic mass is 9.94. The first kappa shape index (κ1) is 15.6. The van der Waals surface area contributed by atoms with Crippen LogP contribution in [0.2, 0.25) is 0 Å². The number of hydrogen-bond donors (Lipinski definition) is 2. The number of rotatable bonds is 3. The van der Waals surface area contributed by atoms with Crippen LogP contribution in [0.3, 0.4) is 0 Å². The number of phenols is 1. The first-order valence-electron chi connectivity index (χ1n) is 8.08. The second-order valence-electron chi connectivity index (χ2n) is 6.01. The highest BCUT2D eigenvalue weighted by Crippen LogP contribution is 2.32. The maximum absolute atomic E-state index is 13.0. The molecule has 1 heterocycles. The third-order valence-electron chi connectivity index (χ3n) is 4.45. The molecule has 0 spiro atoms. The van der Waals surface area contributed by atoms with Crippen LogP contribution in [0, 0.1) is 0 Å². The lowest BCUT2D eigenvalue weighted by Gasteiger charge is -2.36. The molecule has 1 saturated heterocycles. The predicted molar refractivity (Wildman–Crippen MR) is 90.1 cm³/mol. The summed E-state index contributed by atoms with van der Waals surface area (Å²) in [6.45, 7) is 1.19. The van der Waals surface area contributed by atoms with Gasteiger partial charge in [0.05, 0.1) is 6.04 Å². The van der Waals surface area contributed by atoms with Crippen LogP contribution in [0.4, 0.5) is 0 Å². The van der Waals surface area contributed by atoms with Crippen molar-refractivity contribution < 1.29 is 9.90 Å². The fourth-order valence-electron chi connectivity index (χ4n) is 3.21. The number of likely N-dealkylation sites (tertiary alicyclic amines) is 1. The number of phenolic OH excluding ortho intramolecular Hbond substituents is 1. The molecule has 1 unspecified atom stereocenters. The van der Waals surface area contributed by atoms with E-state index >= 15 is 0 Å². The Bertz CT molecular complexity index is 682. The van der Waals surface area contributed by atoms with Gasteiger partial charge < -0.3 is 15.7 Å². The normalized spacial score (nSPS) is 18.0. The third-order valence-corrected chi connectivity index (χ3v) is 4.45. The van der Waals surface area contributed by atoms with Gasteiger partial charge in [-0.15, -0.1) is 0 Å². The highest BCUT2D eigenvalue weighted by molar-refractivity contribution is 5.94. The molecule has 3 N–H and O–H groups in total. The van der Waals surface area contributed by atoms with Gasteiger partial charge in [0.2, 0.25) is 0 Å². The average Bonchev–Trinajstić information content (AvgIpc) is 2.62. The molecule has 4 heteroatoms. The van der Waals surface area contributed by atoms with Crippen molar-refractivity contribution in [1.82, 2.24) is 4.90 Å². The van der Waals surface area contributed by atoms with Crippen LogP contribution < -0.4 is 5.73 Å². The SMILES string of the molecule is NCc1cccc(C(=O)N2CCCCC2c2ccc(O)cc2)c1. The summed E-state index contributed by atoms with van der Waals surface area (Å²) in [4.78, 5) is 14.9. The van der Waals surface area contributed by atoms with Crippen LogP contribution in [0.1, 0.15) is 46.8 Å². The van der Waals surface area contributed by atoms with Crippen LogP contribution in [-0.2, 0) is 6.54 Å². The van der Waals surface area contributed by atoms with E-state index in [0.717, 1.165) is 36.9 Å². The number of aromatic hydroxyl groups is 1. The summed E-state index contributed by atoms with van der Waals surface area (Å²) in [5.74, 6) is 0.302. The predicted octanol–water partition coefficient (Wildman–Crippen LogP) is 3.22. The molecular weight excluding hydrogens is 288 g/mol. The molecule has 2 aromatic carbocycles. The summed E-state index contributed by atoms with van der Waals surface area (Å²) in [6, 6.07) is 14.8. The van der Waals surface area contributed by atoms with E-state index < -0.39 is 0 Å². The minimum absolute atomic E-state index is 0.0538. The molecule has 1 aliphatic rings. The number of benzene rings is 2. The van der Waals surface area contributed by atoms with Crippen LogP contribution in [0.25, 0.3) is 0 Å². The molecule has 0 aliphatic carbocycles. The van der Waals surface area contributed by atoms with Gasteiger partial charge in [0.15, 0.2) is 0 Å². The molecule has 0 bridgehead atoms. The van der Waals surface area contributed by atoms with Crippen molar-refractivity contribution in [3.8, 4) is 5.75 Å². The van der Waals surface area contributed by atoms with E-state index in [9.17, 15) is 9.90 Å². The van der Waals surface area contributed by atoms with Gasteiger partial charge in [-0.1, -0.05) is 24.3 Å². The van der Waals surface area contributed by atoms with Gasteiger partial charge in [-0.2, -0.15) is 0 Å². The average molecular weight is 310 g/mol. The lowest BCUT2D eigenvalue weighted by molar-refractivity contribution is 0.0611. The highest BCUT2D eigenvalue weighted by atomic mass is 16.3. The van der Waals surface area contributed by atoms with Gasteiger partial charge in [-0.05, 0) is 54.7 Å². The summed E-state index contributed by atoms with van der Waals surface area (Å²) in [6.07, 6.45) is 3.09. The molecular formula is C19H22N2O2. The molecule has 120 valence electrons. The second kappa shape index (κ2) is 6.84. The van der Waals surface area contributed by atoms with E-state index in [2.05, 4.69) is 0 Å². The smallest absolute Gasteiger partial charge is 0.254 e. The summed E-state index contributed by atoms with van der Waals surface area (Å²) in [5, 5.41) is 9.47. The number of nitrogens with zero attached hydrogens (tertiary/aromatic N) is 1.